The van der Waals surface area contributed by atoms with Crippen LogP contribution in [0.4, 0.5) is 0 Å². The Morgan fingerprint density at radius 1 is 1.13 bits per heavy atom. The fourth-order valence-corrected chi connectivity index (χ4v) is 3.86. The molecule has 162 valence electrons. The molecular formula is C25H26O6. The molecule has 0 aliphatic carbocycles. The zero-order valence-electron chi connectivity index (χ0n) is 18.0. The van der Waals surface area contributed by atoms with Crippen molar-refractivity contribution in [2.75, 3.05) is 13.2 Å². The summed E-state index contributed by atoms with van der Waals surface area (Å²) in [6.45, 7) is 6.23. The number of carbonyl (C=O) groups is 1. The van der Waals surface area contributed by atoms with Gasteiger partial charge in [0.2, 0.25) is 11.2 Å². The van der Waals surface area contributed by atoms with Crippen LogP contribution < -0.4 is 14.9 Å². The summed E-state index contributed by atoms with van der Waals surface area (Å²) in [4.78, 5) is 25.5. The quantitative estimate of drug-likeness (QED) is 0.554. The zero-order chi connectivity index (χ0) is 22.0. The first-order valence-corrected chi connectivity index (χ1v) is 10.4. The predicted molar refractivity (Wildman–Crippen MR) is 117 cm³/mol. The summed E-state index contributed by atoms with van der Waals surface area (Å²) in [6, 6.07) is 14.0. The molecule has 3 aromatic rings. The highest BCUT2D eigenvalue weighted by Crippen LogP contribution is 2.30. The fraction of sp³-hybridized carbons (Fsp3) is 0.360. The molecule has 1 fully saturated rings. The van der Waals surface area contributed by atoms with Crippen molar-refractivity contribution in [1.29, 1.82) is 0 Å². The number of ether oxygens (including phenoxy) is 3. The summed E-state index contributed by atoms with van der Waals surface area (Å²) in [7, 11) is 0. The van der Waals surface area contributed by atoms with Crippen molar-refractivity contribution < 1.29 is 23.4 Å². The van der Waals surface area contributed by atoms with E-state index in [1.165, 1.54) is 0 Å². The molecule has 0 radical (unpaired) electrons. The minimum absolute atomic E-state index is 0.0231. The first-order chi connectivity index (χ1) is 14.8. The van der Waals surface area contributed by atoms with Gasteiger partial charge in [0.15, 0.2) is 5.78 Å². The standard InChI is InChI=1S/C25H26O6/c1-16-24(31-18-7-5-4-6-8-18)23(27)20-10-9-19(13-22(20)30-16)28-15-21(26)17-11-12-29-25(2,3)14-17/h4-10,13,17H,11-12,14-15H2,1-3H3. The lowest BCUT2D eigenvalue weighted by Crippen LogP contribution is -2.38. The van der Waals surface area contributed by atoms with Crippen molar-refractivity contribution in [3.8, 4) is 17.2 Å². The largest absolute Gasteiger partial charge is 0.486 e. The summed E-state index contributed by atoms with van der Waals surface area (Å²) in [5, 5.41) is 0.390. The predicted octanol–water partition coefficient (Wildman–Crippen LogP) is 5.05. The van der Waals surface area contributed by atoms with Gasteiger partial charge in [0.05, 0.1) is 11.0 Å². The number of rotatable bonds is 6. The highest BCUT2D eigenvalue weighted by Gasteiger charge is 2.32. The van der Waals surface area contributed by atoms with Gasteiger partial charge < -0.3 is 18.6 Å². The molecule has 0 amide bonds. The SMILES string of the molecule is Cc1oc2cc(OCC(=O)C3CCOC(C)(C)C3)ccc2c(=O)c1Oc1ccccc1. The number of ketones is 1. The van der Waals surface area contributed by atoms with E-state index in [2.05, 4.69) is 0 Å². The zero-order valence-corrected chi connectivity index (χ0v) is 18.0. The minimum atomic E-state index is -0.290. The molecule has 1 atom stereocenters. The number of fused-ring (bicyclic) bond motifs is 1. The number of benzene rings is 2. The maximum Gasteiger partial charge on any atom is 0.235 e. The van der Waals surface area contributed by atoms with E-state index in [0.29, 0.717) is 47.7 Å². The molecule has 6 nitrogen and oxygen atoms in total. The lowest BCUT2D eigenvalue weighted by atomic mass is 9.86. The Bertz CT molecular complexity index is 1150. The van der Waals surface area contributed by atoms with E-state index in [1.54, 1.807) is 37.3 Å². The van der Waals surface area contributed by atoms with Crippen LogP contribution in [0, 0.1) is 12.8 Å². The fourth-order valence-electron chi connectivity index (χ4n) is 3.86. The lowest BCUT2D eigenvalue weighted by molar-refractivity contribution is -0.135. The third kappa shape index (κ3) is 4.80. The lowest BCUT2D eigenvalue weighted by Gasteiger charge is -2.34. The molecule has 2 aromatic carbocycles. The molecular weight excluding hydrogens is 396 g/mol. The van der Waals surface area contributed by atoms with Gasteiger partial charge in [-0.25, -0.2) is 0 Å². The summed E-state index contributed by atoms with van der Waals surface area (Å²) in [5.74, 6) is 1.56. The van der Waals surface area contributed by atoms with E-state index >= 15 is 0 Å². The molecule has 1 aliphatic heterocycles. The number of aryl methyl sites for hydroxylation is 1. The molecule has 0 saturated carbocycles. The Morgan fingerprint density at radius 2 is 1.90 bits per heavy atom. The second-order valence-corrected chi connectivity index (χ2v) is 8.44. The van der Waals surface area contributed by atoms with Gasteiger partial charge in [0.25, 0.3) is 0 Å². The van der Waals surface area contributed by atoms with Gasteiger partial charge >= 0.3 is 0 Å². The molecule has 0 N–H and O–H groups in total. The molecule has 1 aliphatic rings. The molecule has 6 heteroatoms. The molecule has 1 aromatic heterocycles. The van der Waals surface area contributed by atoms with Crippen molar-refractivity contribution in [3.05, 3.63) is 64.5 Å². The maximum absolute atomic E-state index is 12.9. The Kier molecular flexibility index (Phi) is 5.83. The number of carbonyl (C=O) groups excluding carboxylic acids is 1. The Labute approximate surface area is 180 Å². The summed E-state index contributed by atoms with van der Waals surface area (Å²) in [6.07, 6.45) is 1.40. The van der Waals surface area contributed by atoms with Gasteiger partial charge in [0.1, 0.15) is 29.4 Å². The van der Waals surface area contributed by atoms with Gasteiger partial charge in [-0.05, 0) is 57.9 Å². The van der Waals surface area contributed by atoms with Crippen LogP contribution in [-0.2, 0) is 9.53 Å². The van der Waals surface area contributed by atoms with Gasteiger partial charge in [0, 0.05) is 18.6 Å². The van der Waals surface area contributed by atoms with Crippen molar-refractivity contribution in [2.45, 2.75) is 39.2 Å². The second-order valence-electron chi connectivity index (χ2n) is 8.44. The number of hydrogen-bond donors (Lipinski definition) is 0. The molecule has 1 saturated heterocycles. The van der Waals surface area contributed by atoms with E-state index in [0.717, 1.165) is 0 Å². The number of para-hydroxylation sites is 1. The second kappa shape index (κ2) is 8.55. The highest BCUT2D eigenvalue weighted by molar-refractivity contribution is 5.83. The Balaban J connectivity index is 1.50. The molecule has 0 bridgehead atoms. The van der Waals surface area contributed by atoms with Crippen molar-refractivity contribution in [3.63, 3.8) is 0 Å². The maximum atomic E-state index is 12.9. The summed E-state index contributed by atoms with van der Waals surface area (Å²) >= 11 is 0. The average molecular weight is 422 g/mol. The van der Waals surface area contributed by atoms with Crippen molar-refractivity contribution in [1.82, 2.24) is 0 Å². The van der Waals surface area contributed by atoms with E-state index in [4.69, 9.17) is 18.6 Å². The van der Waals surface area contributed by atoms with Crippen LogP contribution in [-0.4, -0.2) is 24.6 Å². The first kappa shape index (κ1) is 21.1. The van der Waals surface area contributed by atoms with Crippen molar-refractivity contribution >= 4 is 16.8 Å². The smallest absolute Gasteiger partial charge is 0.235 e. The van der Waals surface area contributed by atoms with Gasteiger partial charge in [-0.15, -0.1) is 0 Å². The topological polar surface area (TPSA) is 75.0 Å². The third-order valence-corrected chi connectivity index (χ3v) is 5.48. The molecule has 2 heterocycles. The van der Waals surface area contributed by atoms with E-state index in [9.17, 15) is 9.59 Å². The normalized spacial score (nSPS) is 18.0. The Hall–Kier alpha value is -3.12. The van der Waals surface area contributed by atoms with Crippen molar-refractivity contribution in [2.24, 2.45) is 5.92 Å². The number of hydrogen-bond acceptors (Lipinski definition) is 6. The van der Waals surface area contributed by atoms with Gasteiger partial charge in [-0.3, -0.25) is 9.59 Å². The molecule has 4 rings (SSSR count). The van der Waals surface area contributed by atoms with E-state index in [-0.39, 0.29) is 35.1 Å². The van der Waals surface area contributed by atoms with Crippen LogP contribution in [0.2, 0.25) is 0 Å². The monoisotopic (exact) mass is 422 g/mol. The van der Waals surface area contributed by atoms with Gasteiger partial charge in [-0.2, -0.15) is 0 Å². The third-order valence-electron chi connectivity index (χ3n) is 5.48. The van der Waals surface area contributed by atoms with Crippen LogP contribution in [0.25, 0.3) is 11.0 Å². The molecule has 0 spiro atoms. The van der Waals surface area contributed by atoms with E-state index in [1.807, 2.05) is 32.0 Å². The van der Waals surface area contributed by atoms with Crippen LogP contribution in [0.3, 0.4) is 0 Å². The van der Waals surface area contributed by atoms with Crippen LogP contribution in [0.5, 0.6) is 17.2 Å². The summed E-state index contributed by atoms with van der Waals surface area (Å²) < 4.78 is 23.0. The van der Waals surface area contributed by atoms with E-state index < -0.39 is 0 Å². The molecule has 1 unspecified atom stereocenters. The average Bonchev–Trinajstić information content (AvgIpc) is 2.75. The van der Waals surface area contributed by atoms with Crippen LogP contribution >= 0.6 is 0 Å². The Morgan fingerprint density at radius 3 is 2.65 bits per heavy atom. The van der Waals surface area contributed by atoms with Crippen LogP contribution in [0.1, 0.15) is 32.4 Å². The highest BCUT2D eigenvalue weighted by atomic mass is 16.5. The summed E-state index contributed by atoms with van der Waals surface area (Å²) in [5.41, 5.74) is -0.156. The minimum Gasteiger partial charge on any atom is -0.486 e. The van der Waals surface area contributed by atoms with Crippen LogP contribution in [0.15, 0.2) is 57.7 Å². The number of Topliss-reactive ketones (excluding diaryl/α,β-unsaturated/α-hetero) is 1. The first-order valence-electron chi connectivity index (χ1n) is 10.4. The molecule has 31 heavy (non-hydrogen) atoms. The van der Waals surface area contributed by atoms with Gasteiger partial charge in [-0.1, -0.05) is 18.2 Å².